The van der Waals surface area contributed by atoms with Gasteiger partial charge in [-0.15, -0.1) is 0 Å². The minimum Gasteiger partial charge on any atom is -0.465 e. The van der Waals surface area contributed by atoms with Gasteiger partial charge in [0.25, 0.3) is 0 Å². The highest BCUT2D eigenvalue weighted by atomic mass is 16.7. The Morgan fingerprint density at radius 3 is 2.81 bits per heavy atom. The van der Waals surface area contributed by atoms with Gasteiger partial charge in [0.05, 0.1) is 19.3 Å². The summed E-state index contributed by atoms with van der Waals surface area (Å²) >= 11 is 0. The molecule has 5 nitrogen and oxygen atoms in total. The molecule has 1 aliphatic carbocycles. The fraction of sp³-hybridized carbons (Fsp3) is 0.571. The molecule has 0 radical (unpaired) electrons. The van der Waals surface area contributed by atoms with Crippen LogP contribution in [0.5, 0.6) is 11.5 Å². The van der Waals surface area contributed by atoms with E-state index in [-0.39, 0.29) is 30.2 Å². The highest BCUT2D eigenvalue weighted by molar-refractivity contribution is 5.66. The van der Waals surface area contributed by atoms with Gasteiger partial charge in [0.15, 0.2) is 11.5 Å². The van der Waals surface area contributed by atoms with Crippen LogP contribution in [-0.4, -0.2) is 26.0 Å². The number of benzene rings is 1. The summed E-state index contributed by atoms with van der Waals surface area (Å²) in [5, 5.41) is 0. The molecule has 5 atom stereocenters. The smallest absolute Gasteiger partial charge is 0.302 e. The molecule has 4 rings (SSSR count). The molecular weight excluding hydrogens is 332 g/mol. The van der Waals surface area contributed by atoms with E-state index in [0.29, 0.717) is 25.0 Å². The Kier molecular flexibility index (Phi) is 4.22. The average molecular weight is 358 g/mol. The monoisotopic (exact) mass is 358 g/mol. The molecule has 26 heavy (non-hydrogen) atoms. The Balaban J connectivity index is 1.67. The van der Waals surface area contributed by atoms with E-state index in [9.17, 15) is 4.79 Å². The van der Waals surface area contributed by atoms with Gasteiger partial charge < -0.3 is 18.9 Å². The largest absolute Gasteiger partial charge is 0.465 e. The summed E-state index contributed by atoms with van der Waals surface area (Å²) in [6, 6.07) is 6.05. The quantitative estimate of drug-likeness (QED) is 0.606. The molecule has 2 bridgehead atoms. The molecule has 0 amide bonds. The Bertz CT molecular complexity index is 755. The number of carbonyl (C=O) groups excluding carboxylic acids is 1. The van der Waals surface area contributed by atoms with Crippen molar-refractivity contribution in [1.29, 1.82) is 0 Å². The normalized spacial score (nSPS) is 35.0. The van der Waals surface area contributed by atoms with Crippen LogP contribution < -0.4 is 9.47 Å². The van der Waals surface area contributed by atoms with Crippen molar-refractivity contribution in [3.8, 4) is 11.5 Å². The zero-order valence-corrected chi connectivity index (χ0v) is 15.8. The van der Waals surface area contributed by atoms with Crippen LogP contribution >= 0.6 is 0 Å². The fourth-order valence-corrected chi connectivity index (χ4v) is 4.88. The molecule has 140 valence electrons. The molecule has 1 fully saturated rings. The minimum absolute atomic E-state index is 0.0336. The van der Waals surface area contributed by atoms with Crippen molar-refractivity contribution in [1.82, 2.24) is 0 Å². The zero-order chi connectivity index (χ0) is 18.5. The van der Waals surface area contributed by atoms with Gasteiger partial charge >= 0.3 is 5.97 Å². The zero-order valence-electron chi connectivity index (χ0n) is 15.8. The highest BCUT2D eigenvalue weighted by Gasteiger charge is 2.54. The van der Waals surface area contributed by atoms with E-state index in [1.54, 1.807) is 0 Å². The molecule has 5 heteroatoms. The summed E-state index contributed by atoms with van der Waals surface area (Å²) in [6.07, 6.45) is 2.30. The van der Waals surface area contributed by atoms with Crippen LogP contribution in [0.15, 0.2) is 29.8 Å². The number of hydrogen-bond donors (Lipinski definition) is 0. The maximum Gasteiger partial charge on any atom is 0.302 e. The Labute approximate surface area is 154 Å². The topological polar surface area (TPSA) is 54.0 Å². The molecule has 0 saturated carbocycles. The van der Waals surface area contributed by atoms with E-state index in [2.05, 4.69) is 32.9 Å². The van der Waals surface area contributed by atoms with Crippen molar-refractivity contribution in [3.05, 3.63) is 35.4 Å². The number of fused-ring (bicyclic) bond motifs is 3. The van der Waals surface area contributed by atoms with Crippen molar-refractivity contribution in [3.63, 3.8) is 0 Å². The second kappa shape index (κ2) is 6.31. The first kappa shape index (κ1) is 17.4. The summed E-state index contributed by atoms with van der Waals surface area (Å²) in [4.78, 5) is 11.4. The van der Waals surface area contributed by atoms with Crippen molar-refractivity contribution in [2.24, 2.45) is 23.2 Å². The van der Waals surface area contributed by atoms with E-state index in [0.717, 1.165) is 17.1 Å². The average Bonchev–Trinajstić information content (AvgIpc) is 3.06. The van der Waals surface area contributed by atoms with Crippen LogP contribution in [0.2, 0.25) is 0 Å². The molecule has 0 unspecified atom stereocenters. The number of carbonyl (C=O) groups is 1. The van der Waals surface area contributed by atoms with Gasteiger partial charge in [-0.3, -0.25) is 4.79 Å². The molecule has 0 aromatic heterocycles. The van der Waals surface area contributed by atoms with Crippen LogP contribution in [0.1, 0.15) is 39.4 Å². The number of esters is 1. The van der Waals surface area contributed by atoms with E-state index in [1.807, 2.05) is 12.1 Å². The second-order valence-corrected chi connectivity index (χ2v) is 7.87. The first-order chi connectivity index (χ1) is 12.4. The summed E-state index contributed by atoms with van der Waals surface area (Å²) in [5.41, 5.74) is 2.27. The lowest BCUT2D eigenvalue weighted by atomic mass is 9.56. The number of rotatable bonds is 3. The number of allylic oxidation sites excluding steroid dienone is 1. The van der Waals surface area contributed by atoms with Crippen LogP contribution in [0, 0.1) is 23.2 Å². The van der Waals surface area contributed by atoms with Crippen molar-refractivity contribution in [2.75, 3.05) is 20.0 Å². The molecule has 0 N–H and O–H groups in total. The van der Waals surface area contributed by atoms with E-state index < -0.39 is 0 Å². The van der Waals surface area contributed by atoms with Crippen LogP contribution in [-0.2, 0) is 14.3 Å². The van der Waals surface area contributed by atoms with Gasteiger partial charge in [-0.05, 0) is 36.5 Å². The molecule has 1 aromatic rings. The summed E-state index contributed by atoms with van der Waals surface area (Å²) < 4.78 is 22.8. The first-order valence-electron chi connectivity index (χ1n) is 9.25. The first-order valence-corrected chi connectivity index (χ1v) is 9.25. The lowest BCUT2D eigenvalue weighted by Gasteiger charge is -2.55. The van der Waals surface area contributed by atoms with Crippen LogP contribution in [0.4, 0.5) is 0 Å². The third-order valence-electron chi connectivity index (χ3n) is 6.52. The fourth-order valence-electron chi connectivity index (χ4n) is 4.88. The molecule has 1 saturated heterocycles. The van der Waals surface area contributed by atoms with E-state index >= 15 is 0 Å². The standard InChI is InChI=1S/C21H26O5/c1-12-7-13(2)21(9-23-15(4)22)10-24-20(19(12)14(21)3)16-5-6-17-18(8-16)26-11-25-17/h5-8,13-14,19-20H,9-11H2,1-4H3/t13-,14-,19-,20+,21+/m0/s1. The molecule has 2 heterocycles. The maximum atomic E-state index is 11.4. The third kappa shape index (κ3) is 2.60. The van der Waals surface area contributed by atoms with Gasteiger partial charge in [-0.1, -0.05) is 31.6 Å². The van der Waals surface area contributed by atoms with Crippen molar-refractivity contribution in [2.45, 2.75) is 33.8 Å². The van der Waals surface area contributed by atoms with Crippen molar-refractivity contribution >= 4 is 5.97 Å². The van der Waals surface area contributed by atoms with Gasteiger partial charge in [-0.25, -0.2) is 0 Å². The molecule has 1 aromatic carbocycles. The summed E-state index contributed by atoms with van der Waals surface area (Å²) in [5.74, 6) is 2.21. The van der Waals surface area contributed by atoms with Crippen LogP contribution in [0.25, 0.3) is 0 Å². The predicted molar refractivity (Wildman–Crippen MR) is 95.9 cm³/mol. The molecule has 0 spiro atoms. The lowest BCUT2D eigenvalue weighted by molar-refractivity contribution is -0.180. The Morgan fingerprint density at radius 1 is 1.27 bits per heavy atom. The lowest BCUT2D eigenvalue weighted by Crippen LogP contribution is -2.54. The number of hydrogen-bond acceptors (Lipinski definition) is 5. The highest BCUT2D eigenvalue weighted by Crippen LogP contribution is 2.56. The van der Waals surface area contributed by atoms with E-state index in [1.165, 1.54) is 12.5 Å². The minimum atomic E-state index is -0.237. The van der Waals surface area contributed by atoms with Crippen LogP contribution in [0.3, 0.4) is 0 Å². The predicted octanol–water partition coefficient (Wildman–Crippen LogP) is 3.88. The van der Waals surface area contributed by atoms with Gasteiger partial charge in [0, 0.05) is 18.3 Å². The Morgan fingerprint density at radius 2 is 2.04 bits per heavy atom. The van der Waals surface area contributed by atoms with Gasteiger partial charge in [0.2, 0.25) is 6.79 Å². The van der Waals surface area contributed by atoms with Crippen molar-refractivity contribution < 1.29 is 23.7 Å². The maximum absolute atomic E-state index is 11.4. The summed E-state index contributed by atoms with van der Waals surface area (Å²) in [6.45, 7) is 9.36. The van der Waals surface area contributed by atoms with E-state index in [4.69, 9.17) is 18.9 Å². The Hall–Kier alpha value is -2.01. The summed E-state index contributed by atoms with van der Waals surface area (Å²) in [7, 11) is 0. The molecular formula is C21H26O5. The molecule has 2 aliphatic heterocycles. The SMILES string of the molecule is CC(=O)OC[C@@]12CO[C@H](c3ccc4c(c3)OCO4)[C@@H](C(C)=C[C@@H]1C)[C@@H]2C. The van der Waals surface area contributed by atoms with Gasteiger partial charge in [-0.2, -0.15) is 0 Å². The number of ether oxygens (including phenoxy) is 4. The third-order valence-corrected chi connectivity index (χ3v) is 6.52. The molecule has 3 aliphatic rings. The second-order valence-electron chi connectivity index (χ2n) is 7.87. The van der Waals surface area contributed by atoms with Gasteiger partial charge in [0.1, 0.15) is 0 Å².